The van der Waals surface area contributed by atoms with Crippen LogP contribution in [0.3, 0.4) is 0 Å². The molecule has 2 N–H and O–H groups in total. The molecule has 3 aromatic rings. The number of carbonyl (C=O) groups is 1. The van der Waals surface area contributed by atoms with Gasteiger partial charge in [-0.3, -0.25) is 4.79 Å². The van der Waals surface area contributed by atoms with Gasteiger partial charge in [0.2, 0.25) is 11.1 Å². The molecule has 28 heavy (non-hydrogen) atoms. The van der Waals surface area contributed by atoms with Gasteiger partial charge in [0.05, 0.1) is 31.1 Å². The van der Waals surface area contributed by atoms with Gasteiger partial charge in [-0.15, -0.1) is 10.2 Å². The van der Waals surface area contributed by atoms with E-state index in [0.29, 0.717) is 29.8 Å². The Morgan fingerprint density at radius 1 is 1.32 bits per heavy atom. The molecule has 0 aliphatic carbocycles. The largest absolute Gasteiger partial charge is 0.467 e. The minimum absolute atomic E-state index is 0.128. The van der Waals surface area contributed by atoms with Crippen molar-refractivity contribution in [1.82, 2.24) is 19.8 Å². The number of amides is 1. The molecule has 0 fully saturated rings. The summed E-state index contributed by atoms with van der Waals surface area (Å²) < 4.78 is 6.69. The molecule has 0 saturated heterocycles. The lowest BCUT2D eigenvalue weighted by atomic mass is 10.1. The van der Waals surface area contributed by atoms with E-state index in [2.05, 4.69) is 16.3 Å². The molecule has 1 amide bonds. The third-order valence-corrected chi connectivity index (χ3v) is 5.00. The van der Waals surface area contributed by atoms with Crippen LogP contribution in [-0.4, -0.2) is 38.0 Å². The molecular weight excluding hydrogens is 376 g/mol. The Balaban J connectivity index is 1.65. The summed E-state index contributed by atoms with van der Waals surface area (Å²) in [5.74, 6) is 7.32. The molecule has 0 bridgehead atoms. The first-order chi connectivity index (χ1) is 13.6. The Bertz CT molecular complexity index is 959. The van der Waals surface area contributed by atoms with Crippen LogP contribution in [0.25, 0.3) is 11.4 Å². The van der Waals surface area contributed by atoms with Crippen LogP contribution in [0.4, 0.5) is 0 Å². The van der Waals surface area contributed by atoms with Gasteiger partial charge in [-0.2, -0.15) is 5.26 Å². The van der Waals surface area contributed by atoms with E-state index in [1.54, 1.807) is 23.3 Å². The highest BCUT2D eigenvalue weighted by Crippen LogP contribution is 2.22. The zero-order valence-corrected chi connectivity index (χ0v) is 16.2. The minimum Gasteiger partial charge on any atom is -0.467 e. The molecule has 2 heterocycles. The average Bonchev–Trinajstić information content (AvgIpc) is 3.34. The number of nitrogens with zero attached hydrogens (tertiary/aromatic N) is 5. The number of benzene rings is 1. The van der Waals surface area contributed by atoms with E-state index in [1.807, 2.05) is 31.2 Å². The fourth-order valence-electron chi connectivity index (χ4n) is 2.56. The van der Waals surface area contributed by atoms with Crippen LogP contribution in [0, 0.1) is 18.3 Å². The Morgan fingerprint density at radius 3 is 2.79 bits per heavy atom. The standard InChI is InChI=1S/C19H20N6O2S/c1-14-5-7-15(8-6-14)18-22-23-19(25(18)21)28-13-17(26)24(10-3-9-20)12-16-4-2-11-27-16/h2,4-8,11H,3,10,12-13,21H2,1H3. The molecule has 2 aromatic heterocycles. The third-order valence-electron chi connectivity index (χ3n) is 4.07. The van der Waals surface area contributed by atoms with Crippen molar-refractivity contribution >= 4 is 17.7 Å². The number of nitrogens with two attached hydrogens (primary N) is 1. The van der Waals surface area contributed by atoms with Gasteiger partial charge in [0.25, 0.3) is 0 Å². The summed E-state index contributed by atoms with van der Waals surface area (Å²) in [4.78, 5) is 14.2. The summed E-state index contributed by atoms with van der Waals surface area (Å²) in [5, 5.41) is 17.5. The highest BCUT2D eigenvalue weighted by molar-refractivity contribution is 7.99. The van der Waals surface area contributed by atoms with Crippen LogP contribution in [0.1, 0.15) is 17.7 Å². The average molecular weight is 396 g/mol. The van der Waals surface area contributed by atoms with E-state index < -0.39 is 0 Å². The van der Waals surface area contributed by atoms with Gasteiger partial charge in [0.15, 0.2) is 5.82 Å². The van der Waals surface area contributed by atoms with Gasteiger partial charge in [-0.05, 0) is 19.1 Å². The molecule has 8 nitrogen and oxygen atoms in total. The number of aryl methyl sites for hydroxylation is 1. The molecular formula is C19H20N6O2S. The predicted molar refractivity (Wildman–Crippen MR) is 105 cm³/mol. The molecule has 0 radical (unpaired) electrons. The van der Waals surface area contributed by atoms with E-state index in [-0.39, 0.29) is 18.1 Å². The van der Waals surface area contributed by atoms with Crippen molar-refractivity contribution in [1.29, 1.82) is 5.26 Å². The number of thioether (sulfide) groups is 1. The normalized spacial score (nSPS) is 10.6. The van der Waals surface area contributed by atoms with Crippen molar-refractivity contribution in [3.05, 3.63) is 54.0 Å². The zero-order chi connectivity index (χ0) is 19.9. The van der Waals surface area contributed by atoms with Crippen molar-refractivity contribution < 1.29 is 9.21 Å². The second-order valence-corrected chi connectivity index (χ2v) is 7.08. The molecule has 1 aromatic carbocycles. The lowest BCUT2D eigenvalue weighted by Crippen LogP contribution is -2.32. The van der Waals surface area contributed by atoms with Crippen molar-refractivity contribution in [2.45, 2.75) is 25.0 Å². The van der Waals surface area contributed by atoms with Crippen LogP contribution < -0.4 is 5.84 Å². The number of hydrogen-bond donors (Lipinski definition) is 1. The van der Waals surface area contributed by atoms with Crippen LogP contribution in [0.2, 0.25) is 0 Å². The predicted octanol–water partition coefficient (Wildman–Crippen LogP) is 2.59. The molecule has 0 unspecified atom stereocenters. The molecule has 0 aliphatic rings. The Labute approximate surface area is 166 Å². The van der Waals surface area contributed by atoms with E-state index in [4.69, 9.17) is 15.5 Å². The number of nitriles is 1. The highest BCUT2D eigenvalue weighted by Gasteiger charge is 2.18. The maximum Gasteiger partial charge on any atom is 0.233 e. The van der Waals surface area contributed by atoms with Crippen molar-refractivity contribution in [2.75, 3.05) is 18.1 Å². The third kappa shape index (κ3) is 4.72. The number of rotatable bonds is 8. The summed E-state index contributed by atoms with van der Waals surface area (Å²) >= 11 is 1.21. The van der Waals surface area contributed by atoms with Crippen LogP contribution in [0.5, 0.6) is 0 Å². The quantitative estimate of drug-likeness (QED) is 0.460. The molecule has 144 valence electrons. The first kappa shape index (κ1) is 19.5. The molecule has 9 heteroatoms. The first-order valence-corrected chi connectivity index (χ1v) is 9.64. The van der Waals surface area contributed by atoms with E-state index >= 15 is 0 Å². The van der Waals surface area contributed by atoms with Crippen molar-refractivity contribution in [3.63, 3.8) is 0 Å². The molecule has 0 aliphatic heterocycles. The van der Waals surface area contributed by atoms with Gasteiger partial charge in [0.1, 0.15) is 5.76 Å². The SMILES string of the molecule is Cc1ccc(-c2nnc(SCC(=O)N(CCC#N)Cc3ccco3)n2N)cc1. The maximum absolute atomic E-state index is 12.6. The second kappa shape index (κ2) is 9.10. The lowest BCUT2D eigenvalue weighted by molar-refractivity contribution is -0.129. The summed E-state index contributed by atoms with van der Waals surface area (Å²) in [6.07, 6.45) is 1.81. The Hall–Kier alpha value is -3.25. The lowest BCUT2D eigenvalue weighted by Gasteiger charge is -2.20. The second-order valence-electron chi connectivity index (χ2n) is 6.13. The monoisotopic (exact) mass is 396 g/mol. The first-order valence-electron chi connectivity index (χ1n) is 8.66. The molecule has 3 rings (SSSR count). The highest BCUT2D eigenvalue weighted by atomic mass is 32.2. The van der Waals surface area contributed by atoms with Crippen LogP contribution >= 0.6 is 11.8 Å². The summed E-state index contributed by atoms with van der Waals surface area (Å²) in [6, 6.07) is 13.4. The topological polar surface area (TPSA) is 114 Å². The van der Waals surface area contributed by atoms with Crippen LogP contribution in [-0.2, 0) is 11.3 Å². The summed E-state index contributed by atoms with van der Waals surface area (Å²) in [5.41, 5.74) is 1.99. The fraction of sp³-hybridized carbons (Fsp3) is 0.263. The van der Waals surface area contributed by atoms with Gasteiger partial charge in [-0.1, -0.05) is 41.6 Å². The Kier molecular flexibility index (Phi) is 6.34. The number of aromatic nitrogens is 3. The van der Waals surface area contributed by atoms with Crippen molar-refractivity contribution in [2.24, 2.45) is 0 Å². The number of furan rings is 1. The van der Waals surface area contributed by atoms with E-state index in [0.717, 1.165) is 11.1 Å². The molecule has 0 saturated carbocycles. The fourth-order valence-corrected chi connectivity index (χ4v) is 3.32. The Morgan fingerprint density at radius 2 is 2.11 bits per heavy atom. The van der Waals surface area contributed by atoms with Crippen LogP contribution in [0.15, 0.2) is 52.2 Å². The summed E-state index contributed by atoms with van der Waals surface area (Å²) in [6.45, 7) is 2.66. The maximum atomic E-state index is 12.6. The van der Waals surface area contributed by atoms with Crippen molar-refractivity contribution in [3.8, 4) is 17.5 Å². The van der Waals surface area contributed by atoms with Gasteiger partial charge in [0, 0.05) is 12.1 Å². The minimum atomic E-state index is -0.128. The van der Waals surface area contributed by atoms with E-state index in [1.165, 1.54) is 16.4 Å². The molecule has 0 spiro atoms. The van der Waals surface area contributed by atoms with E-state index in [9.17, 15) is 4.79 Å². The van der Waals surface area contributed by atoms with Gasteiger partial charge in [-0.25, -0.2) is 4.68 Å². The van der Waals surface area contributed by atoms with Gasteiger partial charge < -0.3 is 15.2 Å². The zero-order valence-electron chi connectivity index (χ0n) is 15.4. The number of hydrogen-bond acceptors (Lipinski definition) is 7. The smallest absolute Gasteiger partial charge is 0.233 e. The number of carbonyl (C=O) groups excluding carboxylic acids is 1. The summed E-state index contributed by atoms with van der Waals surface area (Å²) in [7, 11) is 0. The van der Waals surface area contributed by atoms with Gasteiger partial charge >= 0.3 is 0 Å². The number of nitrogen functional groups attached to an aromatic ring is 1. The molecule has 0 atom stereocenters.